The molecular formula is C32H48O4. The Bertz CT molecular complexity index is 1020. The van der Waals surface area contributed by atoms with E-state index >= 15 is 0 Å². The average Bonchev–Trinajstić information content (AvgIpc) is 2.76. The third kappa shape index (κ3) is 6.03. The Kier molecular flexibility index (Phi) is 8.30. The van der Waals surface area contributed by atoms with Crippen molar-refractivity contribution in [3.05, 3.63) is 69.8 Å². The van der Waals surface area contributed by atoms with Gasteiger partial charge in [0.1, 0.15) is 0 Å². The Balaban J connectivity index is 3.00. The largest absolute Gasteiger partial charge is 0.481 e. The number of carbonyl (C=O) groups is 1. The van der Waals surface area contributed by atoms with E-state index in [0.717, 1.165) is 33.4 Å². The first-order chi connectivity index (χ1) is 16.2. The van der Waals surface area contributed by atoms with Gasteiger partial charge >= 0.3 is 5.97 Å². The van der Waals surface area contributed by atoms with Gasteiger partial charge in [-0.15, -0.1) is 0 Å². The summed E-state index contributed by atoms with van der Waals surface area (Å²) >= 11 is 0. The van der Waals surface area contributed by atoms with E-state index in [9.17, 15) is 20.1 Å². The highest BCUT2D eigenvalue weighted by molar-refractivity contribution is 5.71. The summed E-state index contributed by atoms with van der Waals surface area (Å²) in [5, 5.41) is 30.2. The van der Waals surface area contributed by atoms with Gasteiger partial charge in [-0.05, 0) is 44.2 Å². The normalized spacial score (nSPS) is 13.7. The molecule has 36 heavy (non-hydrogen) atoms. The standard InChI is InChI=1S/C32H48O4/c1-28(2,3)25-16-21(30(7,8)19-33)12-14-23(25)32(11,18-27(35)36)24-15-13-22(31(9,10)20-34)17-26(24)29(4,5)6/h12-17,33-34H,18-20H2,1-11H3,(H,35,36). The number of aliphatic carboxylic acids is 1. The number of hydrogen-bond acceptors (Lipinski definition) is 3. The second kappa shape index (κ2) is 9.95. The Hall–Kier alpha value is -2.17. The summed E-state index contributed by atoms with van der Waals surface area (Å²) in [7, 11) is 0. The van der Waals surface area contributed by atoms with Crippen molar-refractivity contribution in [3.63, 3.8) is 0 Å². The molecule has 4 nitrogen and oxygen atoms in total. The number of aliphatic hydroxyl groups is 2. The molecule has 0 saturated heterocycles. The summed E-state index contributed by atoms with van der Waals surface area (Å²) in [5.74, 6) is -0.850. The Morgan fingerprint density at radius 3 is 1.19 bits per heavy atom. The van der Waals surface area contributed by atoms with Gasteiger partial charge in [0.05, 0.1) is 19.6 Å². The molecule has 4 heteroatoms. The average molecular weight is 497 g/mol. The molecule has 0 unspecified atom stereocenters. The molecule has 0 saturated carbocycles. The van der Waals surface area contributed by atoms with Crippen LogP contribution in [0.4, 0.5) is 0 Å². The van der Waals surface area contributed by atoms with Crippen LogP contribution in [0.25, 0.3) is 0 Å². The molecule has 0 aliphatic heterocycles. The molecule has 0 bridgehead atoms. The highest BCUT2D eigenvalue weighted by atomic mass is 16.4. The molecule has 0 radical (unpaired) electrons. The molecule has 0 amide bonds. The minimum Gasteiger partial charge on any atom is -0.481 e. The molecule has 2 aromatic carbocycles. The Morgan fingerprint density at radius 2 is 0.944 bits per heavy atom. The van der Waals surface area contributed by atoms with Crippen LogP contribution >= 0.6 is 0 Å². The molecule has 3 N–H and O–H groups in total. The number of carboxylic acid groups (broad SMARTS) is 1. The molecule has 2 aromatic rings. The van der Waals surface area contributed by atoms with Crippen molar-refractivity contribution in [1.29, 1.82) is 0 Å². The minimum atomic E-state index is -0.850. The lowest BCUT2D eigenvalue weighted by atomic mass is 9.63. The summed E-state index contributed by atoms with van der Waals surface area (Å²) in [4.78, 5) is 12.4. The Labute approximate surface area is 218 Å². The van der Waals surface area contributed by atoms with E-state index in [-0.39, 0.29) is 30.5 Å². The maximum absolute atomic E-state index is 12.4. The van der Waals surface area contributed by atoms with Gasteiger partial charge in [-0.2, -0.15) is 0 Å². The van der Waals surface area contributed by atoms with E-state index in [0.29, 0.717) is 0 Å². The second-order valence-corrected chi connectivity index (χ2v) is 14.0. The van der Waals surface area contributed by atoms with Gasteiger partial charge in [0, 0.05) is 16.2 Å². The van der Waals surface area contributed by atoms with Crippen molar-refractivity contribution in [2.45, 2.75) is 110 Å². The van der Waals surface area contributed by atoms with E-state index in [4.69, 9.17) is 0 Å². The predicted octanol–water partition coefficient (Wildman–Crippen LogP) is 6.60. The minimum absolute atomic E-state index is 0.0264. The van der Waals surface area contributed by atoms with Crippen molar-refractivity contribution >= 4 is 5.97 Å². The molecule has 0 aliphatic rings. The van der Waals surface area contributed by atoms with Crippen molar-refractivity contribution in [3.8, 4) is 0 Å². The molecule has 0 heterocycles. The van der Waals surface area contributed by atoms with E-state index in [1.807, 2.05) is 46.8 Å². The number of benzene rings is 2. The second-order valence-electron chi connectivity index (χ2n) is 14.0. The number of hydrogen-bond donors (Lipinski definition) is 3. The number of carboxylic acids is 1. The molecule has 0 aliphatic carbocycles. The molecule has 0 atom stereocenters. The lowest BCUT2D eigenvalue weighted by Crippen LogP contribution is -2.35. The topological polar surface area (TPSA) is 77.8 Å². The molecule has 0 spiro atoms. The van der Waals surface area contributed by atoms with E-state index in [1.54, 1.807) is 0 Å². The highest BCUT2D eigenvalue weighted by Crippen LogP contribution is 2.46. The van der Waals surface area contributed by atoms with E-state index < -0.39 is 22.2 Å². The monoisotopic (exact) mass is 496 g/mol. The Morgan fingerprint density at radius 1 is 0.611 bits per heavy atom. The SMILES string of the molecule is CC(C)(C)c1cc(C(C)(C)CO)ccc1C(C)(CC(=O)O)c1ccc(C(C)(C)CO)cc1C(C)(C)C. The first-order valence-electron chi connectivity index (χ1n) is 13.0. The van der Waals surface area contributed by atoms with Crippen LogP contribution in [-0.2, 0) is 31.9 Å². The van der Waals surface area contributed by atoms with Crippen molar-refractivity contribution in [2.75, 3.05) is 13.2 Å². The first kappa shape index (κ1) is 30.1. The molecular weight excluding hydrogens is 448 g/mol. The van der Waals surface area contributed by atoms with Gasteiger partial charge in [0.2, 0.25) is 0 Å². The predicted molar refractivity (Wildman–Crippen MR) is 149 cm³/mol. The van der Waals surface area contributed by atoms with Crippen LogP contribution < -0.4 is 0 Å². The summed E-state index contributed by atoms with van der Waals surface area (Å²) in [6.07, 6.45) is -0.0510. The fraction of sp³-hybridized carbons (Fsp3) is 0.594. The molecule has 2 rings (SSSR count). The zero-order valence-corrected chi connectivity index (χ0v) is 24.3. The van der Waals surface area contributed by atoms with Crippen molar-refractivity contribution in [1.82, 2.24) is 0 Å². The first-order valence-corrected chi connectivity index (χ1v) is 13.0. The summed E-state index contributed by atoms with van der Waals surface area (Å²) in [6.45, 7) is 23.1. The van der Waals surface area contributed by atoms with Crippen molar-refractivity contribution < 1.29 is 20.1 Å². The fourth-order valence-corrected chi connectivity index (χ4v) is 4.95. The quantitative estimate of drug-likeness (QED) is 0.385. The van der Waals surface area contributed by atoms with Crippen LogP contribution in [0.3, 0.4) is 0 Å². The van der Waals surface area contributed by atoms with Gasteiger partial charge in [0.15, 0.2) is 0 Å². The molecule has 200 valence electrons. The smallest absolute Gasteiger partial charge is 0.304 e. The lowest BCUT2D eigenvalue weighted by molar-refractivity contribution is -0.138. The third-order valence-electron chi connectivity index (χ3n) is 7.70. The molecule has 0 aromatic heterocycles. The van der Waals surface area contributed by atoms with E-state index in [2.05, 4.69) is 65.8 Å². The zero-order valence-electron chi connectivity index (χ0n) is 24.3. The van der Waals surface area contributed by atoms with Gasteiger partial charge in [-0.25, -0.2) is 0 Å². The third-order valence-corrected chi connectivity index (χ3v) is 7.70. The van der Waals surface area contributed by atoms with Gasteiger partial charge in [-0.1, -0.05) is 113 Å². The van der Waals surface area contributed by atoms with Crippen LogP contribution in [-0.4, -0.2) is 34.5 Å². The van der Waals surface area contributed by atoms with Crippen molar-refractivity contribution in [2.24, 2.45) is 0 Å². The fourth-order valence-electron chi connectivity index (χ4n) is 4.95. The van der Waals surface area contributed by atoms with Crippen LogP contribution in [0.5, 0.6) is 0 Å². The van der Waals surface area contributed by atoms with Crippen LogP contribution in [0.1, 0.15) is 116 Å². The molecule has 0 fully saturated rings. The van der Waals surface area contributed by atoms with Gasteiger partial charge in [0.25, 0.3) is 0 Å². The number of aliphatic hydroxyl groups excluding tert-OH is 2. The van der Waals surface area contributed by atoms with Gasteiger partial charge in [-0.3, -0.25) is 4.79 Å². The maximum atomic E-state index is 12.4. The highest BCUT2D eigenvalue weighted by Gasteiger charge is 2.40. The van der Waals surface area contributed by atoms with Crippen LogP contribution in [0, 0.1) is 0 Å². The maximum Gasteiger partial charge on any atom is 0.304 e. The lowest BCUT2D eigenvalue weighted by Gasteiger charge is -2.40. The van der Waals surface area contributed by atoms with Crippen LogP contribution in [0.2, 0.25) is 0 Å². The van der Waals surface area contributed by atoms with Gasteiger partial charge < -0.3 is 15.3 Å². The zero-order chi connectivity index (χ0) is 27.9. The van der Waals surface area contributed by atoms with E-state index in [1.165, 1.54) is 0 Å². The summed E-state index contributed by atoms with van der Waals surface area (Å²) < 4.78 is 0. The van der Waals surface area contributed by atoms with Crippen LogP contribution in [0.15, 0.2) is 36.4 Å². The summed E-state index contributed by atoms with van der Waals surface area (Å²) in [6, 6.07) is 12.6. The number of rotatable bonds is 8. The summed E-state index contributed by atoms with van der Waals surface area (Å²) in [5.41, 5.74) is 4.15.